The third-order valence-corrected chi connectivity index (χ3v) is 7.21. The number of oxazole rings is 1. The molecule has 3 aromatic rings. The highest BCUT2D eigenvalue weighted by Crippen LogP contribution is 2.28. The Kier molecular flexibility index (Phi) is 7.54. The molecule has 0 spiro atoms. The predicted molar refractivity (Wildman–Crippen MR) is 130 cm³/mol. The maximum atomic E-state index is 12.4. The fraction of sp³-hybridized carbons (Fsp3) is 0.360. The number of benzene rings is 2. The largest absolute Gasteiger partial charge is 0.497 e. The molecule has 9 nitrogen and oxygen atoms in total. The van der Waals surface area contributed by atoms with Crippen molar-refractivity contribution < 1.29 is 26.9 Å². The Morgan fingerprint density at radius 3 is 2.49 bits per heavy atom. The van der Waals surface area contributed by atoms with E-state index < -0.39 is 10.1 Å². The molecule has 0 saturated carbocycles. The van der Waals surface area contributed by atoms with Gasteiger partial charge in [-0.25, -0.2) is 4.98 Å². The summed E-state index contributed by atoms with van der Waals surface area (Å²) < 4.78 is 40.4. The number of fused-ring (bicyclic) bond motifs is 3. The molecule has 3 saturated heterocycles. The van der Waals surface area contributed by atoms with Crippen molar-refractivity contribution in [1.82, 2.24) is 15.2 Å². The smallest absolute Gasteiger partial charge is 0.307 e. The highest BCUT2D eigenvalue weighted by molar-refractivity contribution is 7.85. The van der Waals surface area contributed by atoms with Gasteiger partial charge in [0.1, 0.15) is 5.75 Å². The molecule has 2 bridgehead atoms. The molecule has 1 aromatic heterocycles. The fourth-order valence-electron chi connectivity index (χ4n) is 4.36. The average Bonchev–Trinajstić information content (AvgIpc) is 3.36. The van der Waals surface area contributed by atoms with Gasteiger partial charge in [0, 0.05) is 18.2 Å². The average molecular weight is 500 g/mol. The van der Waals surface area contributed by atoms with Crippen LogP contribution < -0.4 is 10.1 Å². The molecule has 0 radical (unpaired) electrons. The number of amides is 1. The van der Waals surface area contributed by atoms with E-state index in [-0.39, 0.29) is 22.7 Å². The third kappa shape index (κ3) is 6.27. The zero-order valence-corrected chi connectivity index (χ0v) is 20.5. The van der Waals surface area contributed by atoms with Crippen LogP contribution in [0.2, 0.25) is 0 Å². The minimum Gasteiger partial charge on any atom is -0.497 e. The Morgan fingerprint density at radius 1 is 1.17 bits per heavy atom. The number of carbonyl (C=O) groups is 1. The van der Waals surface area contributed by atoms with E-state index in [1.165, 1.54) is 12.1 Å². The van der Waals surface area contributed by atoms with Gasteiger partial charge in [-0.3, -0.25) is 9.35 Å². The van der Waals surface area contributed by atoms with Crippen molar-refractivity contribution in [3.05, 3.63) is 66.2 Å². The number of aromatic nitrogens is 1. The topological polar surface area (TPSA) is 122 Å². The Balaban J connectivity index is 0.000000221. The summed E-state index contributed by atoms with van der Waals surface area (Å²) in [6.45, 7) is 5.07. The van der Waals surface area contributed by atoms with E-state index in [4.69, 9.17) is 13.7 Å². The minimum atomic E-state index is -4.02. The van der Waals surface area contributed by atoms with Crippen LogP contribution in [0.1, 0.15) is 29.1 Å². The highest BCUT2D eigenvalue weighted by atomic mass is 32.2. The van der Waals surface area contributed by atoms with Gasteiger partial charge < -0.3 is 19.4 Å². The van der Waals surface area contributed by atoms with E-state index in [1.54, 1.807) is 25.4 Å². The van der Waals surface area contributed by atoms with Crippen LogP contribution in [0.5, 0.6) is 5.75 Å². The van der Waals surface area contributed by atoms with Crippen LogP contribution in [0.25, 0.3) is 11.3 Å². The van der Waals surface area contributed by atoms with Crippen LogP contribution in [0.4, 0.5) is 0 Å². The standard InChI is InChI=1S/C18H21N3O3.C7H8O3S/c1-23-14-4-2-3-13(9-14)16-10-19-18(24-16)17(22)20-15-11-21-7-5-12(15)6-8-21;1-6-2-4-7(5-3-6)11(8,9)10/h2-4,9-10,12,15H,5-8,11H2,1H3,(H,20,22);2-5H,1H3,(H,8,9,10)/t15-;/m0./s1. The van der Waals surface area contributed by atoms with Gasteiger partial charge in [-0.1, -0.05) is 29.8 Å². The van der Waals surface area contributed by atoms with E-state index in [0.717, 1.165) is 49.4 Å². The van der Waals surface area contributed by atoms with Crippen LogP contribution in [0.3, 0.4) is 0 Å². The van der Waals surface area contributed by atoms with Crippen molar-refractivity contribution in [2.24, 2.45) is 5.92 Å². The number of nitrogens with zero attached hydrogens (tertiary/aromatic N) is 2. The summed E-state index contributed by atoms with van der Waals surface area (Å²) in [6.07, 6.45) is 3.90. The molecule has 35 heavy (non-hydrogen) atoms. The van der Waals surface area contributed by atoms with Gasteiger partial charge in [-0.05, 0) is 63.0 Å². The zero-order chi connectivity index (χ0) is 25.0. The molecule has 1 amide bonds. The Bertz CT molecular complexity index is 1260. The van der Waals surface area contributed by atoms with Gasteiger partial charge in [0.15, 0.2) is 5.76 Å². The second-order valence-corrected chi connectivity index (χ2v) is 10.2. The van der Waals surface area contributed by atoms with E-state index in [2.05, 4.69) is 15.2 Å². The molecule has 10 heteroatoms. The summed E-state index contributed by atoms with van der Waals surface area (Å²) in [6, 6.07) is 13.7. The van der Waals surface area contributed by atoms with Gasteiger partial charge in [-0.2, -0.15) is 8.42 Å². The second kappa shape index (κ2) is 10.6. The first kappa shape index (κ1) is 24.9. The Hall–Kier alpha value is -3.21. The molecule has 4 heterocycles. The molecule has 3 aliphatic heterocycles. The monoisotopic (exact) mass is 499 g/mol. The first-order valence-electron chi connectivity index (χ1n) is 11.4. The van der Waals surface area contributed by atoms with Gasteiger partial charge >= 0.3 is 5.91 Å². The zero-order valence-electron chi connectivity index (χ0n) is 19.7. The normalized spacial score (nSPS) is 21.1. The number of rotatable bonds is 5. The number of piperidine rings is 3. The van der Waals surface area contributed by atoms with E-state index >= 15 is 0 Å². The van der Waals surface area contributed by atoms with Crippen LogP contribution in [-0.4, -0.2) is 61.5 Å². The number of ether oxygens (including phenoxy) is 1. The summed E-state index contributed by atoms with van der Waals surface area (Å²) in [5.74, 6) is 1.76. The molecule has 1 atom stereocenters. The maximum absolute atomic E-state index is 12.4. The van der Waals surface area contributed by atoms with E-state index in [0.29, 0.717) is 11.7 Å². The van der Waals surface area contributed by atoms with Crippen molar-refractivity contribution >= 4 is 16.0 Å². The van der Waals surface area contributed by atoms with Crippen molar-refractivity contribution in [2.75, 3.05) is 26.7 Å². The first-order chi connectivity index (χ1) is 16.7. The lowest BCUT2D eigenvalue weighted by Crippen LogP contribution is -2.57. The molecule has 0 unspecified atom stereocenters. The van der Waals surface area contributed by atoms with Crippen molar-refractivity contribution in [2.45, 2.75) is 30.7 Å². The van der Waals surface area contributed by atoms with Crippen molar-refractivity contribution in [1.29, 1.82) is 0 Å². The van der Waals surface area contributed by atoms with Crippen LogP contribution in [-0.2, 0) is 10.1 Å². The number of hydrogen-bond donors (Lipinski definition) is 2. The Morgan fingerprint density at radius 2 is 1.89 bits per heavy atom. The van der Waals surface area contributed by atoms with Crippen molar-refractivity contribution in [3.63, 3.8) is 0 Å². The summed E-state index contributed by atoms with van der Waals surface area (Å²) in [5.41, 5.74) is 1.79. The fourth-order valence-corrected chi connectivity index (χ4v) is 4.84. The lowest BCUT2D eigenvalue weighted by Gasteiger charge is -2.44. The molecule has 2 aromatic carbocycles. The quantitative estimate of drug-likeness (QED) is 0.512. The maximum Gasteiger partial charge on any atom is 0.307 e. The lowest BCUT2D eigenvalue weighted by molar-refractivity contribution is 0.0602. The first-order valence-corrected chi connectivity index (χ1v) is 12.8. The summed E-state index contributed by atoms with van der Waals surface area (Å²) >= 11 is 0. The van der Waals surface area contributed by atoms with E-state index in [9.17, 15) is 13.2 Å². The summed E-state index contributed by atoms with van der Waals surface area (Å²) in [4.78, 5) is 18.9. The number of nitrogens with one attached hydrogen (secondary N) is 1. The van der Waals surface area contributed by atoms with Gasteiger partial charge in [0.25, 0.3) is 16.0 Å². The Labute approximate surface area is 204 Å². The minimum absolute atomic E-state index is 0.0666. The SMILES string of the molecule is COc1cccc(-c2cnc(C(=O)N[C@H]3CN4CCC3CC4)o2)c1.Cc1ccc(S(=O)(=O)O)cc1. The lowest BCUT2D eigenvalue weighted by atomic mass is 9.84. The number of methoxy groups -OCH3 is 1. The number of carbonyl (C=O) groups excluding carboxylic acids is 1. The van der Waals surface area contributed by atoms with Crippen LogP contribution >= 0.6 is 0 Å². The molecular formula is C25H29N3O6S. The molecule has 0 aliphatic carbocycles. The number of aryl methyl sites for hydroxylation is 1. The van der Waals surface area contributed by atoms with Crippen LogP contribution in [0.15, 0.2) is 64.0 Å². The molecule has 186 valence electrons. The highest BCUT2D eigenvalue weighted by Gasteiger charge is 2.35. The van der Waals surface area contributed by atoms with Crippen LogP contribution in [0, 0.1) is 12.8 Å². The predicted octanol–water partition coefficient (Wildman–Crippen LogP) is 3.42. The second-order valence-electron chi connectivity index (χ2n) is 8.77. The molecule has 6 rings (SSSR count). The molecule has 3 aliphatic rings. The van der Waals surface area contributed by atoms with Gasteiger partial charge in [-0.15, -0.1) is 0 Å². The summed E-state index contributed by atoms with van der Waals surface area (Å²) in [7, 11) is -2.40. The molecule has 2 N–H and O–H groups in total. The molecular weight excluding hydrogens is 470 g/mol. The van der Waals surface area contributed by atoms with Crippen molar-refractivity contribution in [3.8, 4) is 17.1 Å². The van der Waals surface area contributed by atoms with E-state index in [1.807, 2.05) is 31.2 Å². The summed E-state index contributed by atoms with van der Waals surface area (Å²) in [5, 5.41) is 3.09. The van der Waals surface area contributed by atoms with Gasteiger partial charge in [0.05, 0.1) is 18.2 Å². The number of hydrogen-bond acceptors (Lipinski definition) is 7. The van der Waals surface area contributed by atoms with Gasteiger partial charge in [0.2, 0.25) is 0 Å². The molecule has 3 fully saturated rings. The third-order valence-electron chi connectivity index (χ3n) is 6.35.